The van der Waals surface area contributed by atoms with E-state index in [0.717, 1.165) is 28.1 Å². The van der Waals surface area contributed by atoms with E-state index in [9.17, 15) is 0 Å². The molecule has 0 saturated heterocycles. The van der Waals surface area contributed by atoms with E-state index in [1.807, 2.05) is 18.2 Å². The zero-order chi connectivity index (χ0) is 27.6. The second-order valence-electron chi connectivity index (χ2n) is 10.2. The summed E-state index contributed by atoms with van der Waals surface area (Å²) >= 11 is 6.43. The van der Waals surface area contributed by atoms with Gasteiger partial charge in [0.2, 0.25) is 0 Å². The molecule has 196 valence electrons. The van der Waals surface area contributed by atoms with Crippen molar-refractivity contribution in [3.8, 4) is 22.3 Å². The van der Waals surface area contributed by atoms with E-state index in [1.165, 1.54) is 33.0 Å². The van der Waals surface area contributed by atoms with Gasteiger partial charge in [0, 0.05) is 21.8 Å². The first-order chi connectivity index (χ1) is 20.2. The third-order valence-electron chi connectivity index (χ3n) is 7.58. The summed E-state index contributed by atoms with van der Waals surface area (Å²) in [6.45, 7) is 0. The van der Waals surface area contributed by atoms with Crippen molar-refractivity contribution >= 4 is 33.8 Å². The summed E-state index contributed by atoms with van der Waals surface area (Å²) < 4.78 is 0. The number of nitrogens with one attached hydrogen (secondary N) is 1. The molecule has 1 unspecified atom stereocenters. The normalized spacial score (nSPS) is 14.7. The molecule has 1 N–H and O–H groups in total. The van der Waals surface area contributed by atoms with Crippen LogP contribution in [-0.4, -0.2) is 5.71 Å². The molecule has 0 aromatic heterocycles. The Hall–Kier alpha value is -4.92. The molecule has 7 rings (SSSR count). The Morgan fingerprint density at radius 2 is 1.20 bits per heavy atom. The van der Waals surface area contributed by atoms with Crippen molar-refractivity contribution in [2.24, 2.45) is 4.99 Å². The first-order valence-corrected chi connectivity index (χ1v) is 14.2. The molecule has 2 nitrogen and oxygen atoms in total. The molecule has 0 radical (unpaired) electrons. The summed E-state index contributed by atoms with van der Waals surface area (Å²) in [4.78, 5) is 5.30. The molecule has 1 aliphatic rings. The van der Waals surface area contributed by atoms with Crippen LogP contribution in [0, 0.1) is 0 Å². The second kappa shape index (κ2) is 10.9. The summed E-state index contributed by atoms with van der Waals surface area (Å²) in [6, 6.07) is 50.7. The van der Waals surface area contributed by atoms with Crippen LogP contribution in [-0.2, 0) is 0 Å². The third kappa shape index (κ3) is 5.06. The highest BCUT2D eigenvalue weighted by Gasteiger charge is 2.22. The van der Waals surface area contributed by atoms with E-state index in [2.05, 4.69) is 139 Å². The third-order valence-corrected chi connectivity index (χ3v) is 7.82. The Morgan fingerprint density at radius 3 is 1.98 bits per heavy atom. The Morgan fingerprint density at radius 1 is 0.537 bits per heavy atom. The average Bonchev–Trinajstić information content (AvgIpc) is 3.05. The van der Waals surface area contributed by atoms with E-state index >= 15 is 0 Å². The van der Waals surface area contributed by atoms with Crippen LogP contribution in [0.2, 0.25) is 5.02 Å². The van der Waals surface area contributed by atoms with Crippen molar-refractivity contribution < 1.29 is 0 Å². The molecule has 3 heteroatoms. The molecular weight excluding hydrogens is 520 g/mol. The van der Waals surface area contributed by atoms with Gasteiger partial charge in [0.25, 0.3) is 0 Å². The molecule has 0 aliphatic carbocycles. The molecule has 0 spiro atoms. The minimum absolute atomic E-state index is 0.260. The lowest BCUT2D eigenvalue weighted by Crippen LogP contribution is -2.25. The number of allylic oxidation sites excluding steroid dienone is 1. The number of aliphatic imine (C=N–C) groups is 1. The van der Waals surface area contributed by atoms with Gasteiger partial charge in [0.1, 0.15) is 6.17 Å². The maximum atomic E-state index is 6.43. The van der Waals surface area contributed by atoms with Crippen molar-refractivity contribution in [2.45, 2.75) is 6.17 Å². The van der Waals surface area contributed by atoms with Crippen molar-refractivity contribution in [3.05, 3.63) is 173 Å². The smallest absolute Gasteiger partial charge is 0.146 e. The van der Waals surface area contributed by atoms with Crippen LogP contribution < -0.4 is 5.32 Å². The lowest BCUT2D eigenvalue weighted by molar-refractivity contribution is 0.669. The van der Waals surface area contributed by atoms with Gasteiger partial charge < -0.3 is 5.32 Å². The van der Waals surface area contributed by atoms with Gasteiger partial charge in [0.05, 0.1) is 5.71 Å². The highest BCUT2D eigenvalue weighted by atomic mass is 35.5. The van der Waals surface area contributed by atoms with Crippen molar-refractivity contribution in [2.75, 3.05) is 0 Å². The predicted octanol–water partition coefficient (Wildman–Crippen LogP) is 9.96. The van der Waals surface area contributed by atoms with Crippen LogP contribution in [0.5, 0.6) is 0 Å². The van der Waals surface area contributed by atoms with Gasteiger partial charge in [0.15, 0.2) is 0 Å². The van der Waals surface area contributed by atoms with Crippen LogP contribution in [0.25, 0.3) is 38.7 Å². The lowest BCUT2D eigenvalue weighted by atomic mass is 9.91. The van der Waals surface area contributed by atoms with Gasteiger partial charge >= 0.3 is 0 Å². The number of fused-ring (bicyclic) bond motifs is 1. The molecule has 1 atom stereocenters. The van der Waals surface area contributed by atoms with Gasteiger partial charge in [-0.25, -0.2) is 0 Å². The number of halogens is 1. The van der Waals surface area contributed by atoms with Gasteiger partial charge in [-0.1, -0.05) is 139 Å². The monoisotopic (exact) mass is 546 g/mol. The summed E-state index contributed by atoms with van der Waals surface area (Å²) in [5.74, 6) is 0. The van der Waals surface area contributed by atoms with Crippen molar-refractivity contribution in [1.29, 1.82) is 0 Å². The summed E-state index contributed by atoms with van der Waals surface area (Å²) in [5.41, 5.74) is 9.87. The fraction of sp³-hybridized carbons (Fsp3) is 0.0263. The molecule has 6 aromatic carbocycles. The molecule has 0 amide bonds. The van der Waals surface area contributed by atoms with Crippen LogP contribution >= 0.6 is 11.6 Å². The number of nitrogens with zero attached hydrogens (tertiary/aromatic N) is 1. The van der Waals surface area contributed by atoms with E-state index in [4.69, 9.17) is 16.6 Å². The first-order valence-electron chi connectivity index (χ1n) is 13.8. The summed E-state index contributed by atoms with van der Waals surface area (Å²) in [6.07, 6.45) is 1.88. The molecule has 1 aliphatic heterocycles. The van der Waals surface area contributed by atoms with Gasteiger partial charge in [-0.15, -0.1) is 0 Å². The molecule has 1 heterocycles. The lowest BCUT2D eigenvalue weighted by Gasteiger charge is -2.26. The minimum atomic E-state index is -0.260. The van der Waals surface area contributed by atoms with E-state index in [-0.39, 0.29) is 6.17 Å². The first kappa shape index (κ1) is 25.1. The molecule has 0 saturated carbocycles. The fourth-order valence-electron chi connectivity index (χ4n) is 5.58. The maximum Gasteiger partial charge on any atom is 0.146 e. The van der Waals surface area contributed by atoms with Crippen LogP contribution in [0.4, 0.5) is 0 Å². The largest absolute Gasteiger partial charge is 0.359 e. The maximum absolute atomic E-state index is 6.43. The van der Waals surface area contributed by atoms with Gasteiger partial charge in [-0.3, -0.25) is 4.99 Å². The highest BCUT2D eigenvalue weighted by molar-refractivity contribution is 6.30. The summed E-state index contributed by atoms with van der Waals surface area (Å²) in [5, 5.41) is 6.79. The zero-order valence-electron chi connectivity index (χ0n) is 22.3. The van der Waals surface area contributed by atoms with Gasteiger partial charge in [-0.05, 0) is 62.9 Å². The Bertz CT molecular complexity index is 1920. The van der Waals surface area contributed by atoms with Crippen molar-refractivity contribution in [1.82, 2.24) is 5.32 Å². The topological polar surface area (TPSA) is 24.4 Å². The quantitative estimate of drug-likeness (QED) is 0.228. The van der Waals surface area contributed by atoms with Crippen LogP contribution in [0.15, 0.2) is 157 Å². The molecule has 6 aromatic rings. The summed E-state index contributed by atoms with van der Waals surface area (Å²) in [7, 11) is 0. The SMILES string of the molecule is Clc1cccc(C2=CC(c3ccc(-c4ccccc4)c(-c4ccccc4)c3)=NC(c3cccc4ccccc34)N2)c1. The molecular formula is C38H27ClN2. The van der Waals surface area contributed by atoms with Crippen molar-refractivity contribution in [3.63, 3.8) is 0 Å². The van der Waals surface area contributed by atoms with Crippen LogP contribution in [0.3, 0.4) is 0 Å². The number of hydrogen-bond acceptors (Lipinski definition) is 2. The standard InChI is InChI=1S/C38H27ClN2/c39-31-18-9-17-29(23-31)36-25-37(41-38(40-36)34-20-10-16-27-15-7-8-19-32(27)34)30-21-22-33(26-11-3-1-4-12-26)35(24-30)28-13-5-2-6-14-28/h1-25,38,40H. The highest BCUT2D eigenvalue weighted by Crippen LogP contribution is 2.35. The van der Waals surface area contributed by atoms with Gasteiger partial charge in [-0.2, -0.15) is 0 Å². The molecule has 0 fully saturated rings. The number of benzene rings is 6. The fourth-order valence-corrected chi connectivity index (χ4v) is 5.77. The molecule has 0 bridgehead atoms. The number of hydrogen-bond donors (Lipinski definition) is 1. The molecule has 41 heavy (non-hydrogen) atoms. The van der Waals surface area contributed by atoms with E-state index in [0.29, 0.717) is 5.02 Å². The zero-order valence-corrected chi connectivity index (χ0v) is 23.1. The average molecular weight is 547 g/mol. The van der Waals surface area contributed by atoms with E-state index in [1.54, 1.807) is 0 Å². The van der Waals surface area contributed by atoms with Crippen LogP contribution in [0.1, 0.15) is 22.9 Å². The predicted molar refractivity (Wildman–Crippen MR) is 173 cm³/mol. The Balaban J connectivity index is 1.41. The minimum Gasteiger partial charge on any atom is -0.359 e. The second-order valence-corrected chi connectivity index (χ2v) is 10.6. The van der Waals surface area contributed by atoms with E-state index < -0.39 is 0 Å². The Kier molecular flexibility index (Phi) is 6.68. The number of rotatable bonds is 5. The Labute approximate surface area is 245 Å².